The quantitative estimate of drug-likeness (QED) is 0.459. The van der Waals surface area contributed by atoms with Crippen molar-refractivity contribution < 1.29 is 9.32 Å². The zero-order valence-corrected chi connectivity index (χ0v) is 12.6. The van der Waals surface area contributed by atoms with Crippen LogP contribution in [0.15, 0.2) is 41.4 Å². The molecule has 0 fully saturated rings. The van der Waals surface area contributed by atoms with Crippen molar-refractivity contribution >= 4 is 11.9 Å². The third-order valence-electron chi connectivity index (χ3n) is 3.15. The number of rotatable bonds is 4. The zero-order chi connectivity index (χ0) is 16.1. The topological polar surface area (TPSA) is 91.0 Å². The van der Waals surface area contributed by atoms with Crippen LogP contribution in [0.4, 0.5) is 0 Å². The van der Waals surface area contributed by atoms with Crippen LogP contribution in [-0.4, -0.2) is 23.6 Å². The number of guanidine groups is 1. The number of aryl methyl sites for hydroxylation is 2. The van der Waals surface area contributed by atoms with Gasteiger partial charge in [-0.2, -0.15) is 0 Å². The van der Waals surface area contributed by atoms with E-state index in [1.807, 2.05) is 31.2 Å². The molecule has 2 rings (SSSR count). The Hall–Kier alpha value is -2.89. The van der Waals surface area contributed by atoms with Gasteiger partial charge in [0, 0.05) is 12.1 Å². The smallest absolute Gasteiger partial charge is 0.263 e. The first kappa shape index (κ1) is 15.5. The van der Waals surface area contributed by atoms with Crippen molar-refractivity contribution in [2.24, 2.45) is 0 Å². The van der Waals surface area contributed by atoms with E-state index in [-0.39, 0.29) is 5.96 Å². The highest BCUT2D eigenvalue weighted by molar-refractivity contribution is 6.08. The molecule has 6 nitrogen and oxygen atoms in total. The van der Waals surface area contributed by atoms with Crippen molar-refractivity contribution in [1.29, 1.82) is 5.41 Å². The van der Waals surface area contributed by atoms with Gasteiger partial charge in [-0.05, 0) is 19.4 Å². The van der Waals surface area contributed by atoms with Gasteiger partial charge in [-0.15, -0.1) is 6.58 Å². The van der Waals surface area contributed by atoms with Crippen LogP contribution in [0.3, 0.4) is 0 Å². The van der Waals surface area contributed by atoms with Crippen LogP contribution in [0.25, 0.3) is 11.3 Å². The van der Waals surface area contributed by atoms with Gasteiger partial charge in [0.15, 0.2) is 5.96 Å². The number of carbonyl (C=O) groups is 1. The first-order chi connectivity index (χ1) is 10.5. The minimum absolute atomic E-state index is 0.0961. The van der Waals surface area contributed by atoms with Crippen LogP contribution in [0, 0.1) is 19.3 Å². The number of nitrogens with one attached hydrogen (secondary N) is 3. The van der Waals surface area contributed by atoms with Crippen molar-refractivity contribution in [3.8, 4) is 11.3 Å². The maximum absolute atomic E-state index is 12.4. The molecule has 1 aromatic carbocycles. The Kier molecular flexibility index (Phi) is 4.73. The molecule has 1 aromatic heterocycles. The second kappa shape index (κ2) is 6.71. The predicted molar refractivity (Wildman–Crippen MR) is 84.8 cm³/mol. The summed E-state index contributed by atoms with van der Waals surface area (Å²) in [5.41, 5.74) is 2.63. The van der Waals surface area contributed by atoms with E-state index in [2.05, 4.69) is 22.4 Å². The average Bonchev–Trinajstić information content (AvgIpc) is 2.87. The highest BCUT2D eigenvalue weighted by Gasteiger charge is 2.23. The van der Waals surface area contributed by atoms with Crippen molar-refractivity contribution in [1.82, 2.24) is 15.8 Å². The predicted octanol–water partition coefficient (Wildman–Crippen LogP) is 2.40. The largest absolute Gasteiger partial charge is 0.360 e. The summed E-state index contributed by atoms with van der Waals surface area (Å²) in [7, 11) is 0. The Morgan fingerprint density at radius 1 is 1.41 bits per heavy atom. The second-order valence-corrected chi connectivity index (χ2v) is 4.78. The molecule has 0 saturated heterocycles. The molecule has 0 atom stereocenters. The van der Waals surface area contributed by atoms with E-state index in [1.54, 1.807) is 13.0 Å². The summed E-state index contributed by atoms with van der Waals surface area (Å²) >= 11 is 0. The van der Waals surface area contributed by atoms with Gasteiger partial charge in [-0.25, -0.2) is 0 Å². The number of hydrogen-bond donors (Lipinski definition) is 3. The maximum Gasteiger partial charge on any atom is 0.263 e. The Morgan fingerprint density at radius 3 is 2.82 bits per heavy atom. The first-order valence-corrected chi connectivity index (χ1v) is 6.81. The van der Waals surface area contributed by atoms with Crippen molar-refractivity contribution in [2.75, 3.05) is 6.54 Å². The Balaban J connectivity index is 2.30. The molecule has 2 aromatic rings. The van der Waals surface area contributed by atoms with Crippen LogP contribution < -0.4 is 10.6 Å². The number of hydrogen-bond acceptors (Lipinski definition) is 4. The van der Waals surface area contributed by atoms with Crippen LogP contribution in [-0.2, 0) is 0 Å². The number of nitrogens with zero attached hydrogens (tertiary/aromatic N) is 1. The zero-order valence-electron chi connectivity index (χ0n) is 12.6. The Bertz CT molecular complexity index is 719. The highest BCUT2D eigenvalue weighted by atomic mass is 16.5. The molecule has 3 N–H and O–H groups in total. The summed E-state index contributed by atoms with van der Waals surface area (Å²) in [5.74, 6) is -0.118. The van der Waals surface area contributed by atoms with Gasteiger partial charge in [0.25, 0.3) is 5.91 Å². The lowest BCUT2D eigenvalue weighted by Crippen LogP contribution is -2.40. The summed E-state index contributed by atoms with van der Waals surface area (Å²) in [6.45, 7) is 7.55. The molecule has 1 heterocycles. The van der Waals surface area contributed by atoms with Gasteiger partial charge in [0.05, 0.1) is 0 Å². The molecule has 114 valence electrons. The number of aromatic nitrogens is 1. The van der Waals surface area contributed by atoms with Crippen molar-refractivity contribution in [2.45, 2.75) is 13.8 Å². The fraction of sp³-hybridized carbons (Fsp3) is 0.188. The summed E-state index contributed by atoms with van der Waals surface area (Å²) < 4.78 is 5.17. The first-order valence-electron chi connectivity index (χ1n) is 6.81. The van der Waals surface area contributed by atoms with Crippen molar-refractivity contribution in [3.63, 3.8) is 0 Å². The lowest BCUT2D eigenvalue weighted by atomic mass is 10.0. The molecule has 0 bridgehead atoms. The monoisotopic (exact) mass is 298 g/mol. The molecule has 0 unspecified atom stereocenters. The lowest BCUT2D eigenvalue weighted by molar-refractivity contribution is 0.0974. The van der Waals surface area contributed by atoms with Crippen LogP contribution in [0.5, 0.6) is 0 Å². The van der Waals surface area contributed by atoms with Gasteiger partial charge in [-0.3, -0.25) is 15.5 Å². The maximum atomic E-state index is 12.4. The number of amides is 1. The van der Waals surface area contributed by atoms with Crippen LogP contribution in [0.1, 0.15) is 21.7 Å². The van der Waals surface area contributed by atoms with E-state index >= 15 is 0 Å². The fourth-order valence-corrected chi connectivity index (χ4v) is 2.06. The van der Waals surface area contributed by atoms with Gasteiger partial charge in [-0.1, -0.05) is 35.5 Å². The molecule has 0 aliphatic carbocycles. The summed E-state index contributed by atoms with van der Waals surface area (Å²) in [6, 6.07) is 7.61. The van der Waals surface area contributed by atoms with Crippen LogP contribution >= 0.6 is 0 Å². The molecule has 0 aliphatic rings. The minimum atomic E-state index is -0.432. The summed E-state index contributed by atoms with van der Waals surface area (Å²) in [6.07, 6.45) is 1.60. The minimum Gasteiger partial charge on any atom is -0.360 e. The molecule has 6 heteroatoms. The third-order valence-corrected chi connectivity index (χ3v) is 3.15. The normalized spacial score (nSPS) is 10.1. The Morgan fingerprint density at radius 2 is 2.14 bits per heavy atom. The van der Waals surface area contributed by atoms with Gasteiger partial charge in [0.2, 0.25) is 0 Å². The molecule has 0 radical (unpaired) electrons. The fourth-order valence-electron chi connectivity index (χ4n) is 2.06. The summed E-state index contributed by atoms with van der Waals surface area (Å²) in [5, 5.41) is 16.8. The molecular weight excluding hydrogens is 280 g/mol. The second-order valence-electron chi connectivity index (χ2n) is 4.78. The molecular formula is C16H18N4O2. The molecule has 22 heavy (non-hydrogen) atoms. The van der Waals surface area contributed by atoms with E-state index in [4.69, 9.17) is 9.93 Å². The SMILES string of the molecule is C=CCNC(=N)NC(=O)c1c(-c2ccccc2C)noc1C. The summed E-state index contributed by atoms with van der Waals surface area (Å²) in [4.78, 5) is 12.4. The molecule has 0 saturated carbocycles. The molecule has 1 amide bonds. The van der Waals surface area contributed by atoms with Crippen LogP contribution in [0.2, 0.25) is 0 Å². The Labute approximate surface area is 128 Å². The standard InChI is InChI=1S/C16H18N4O2/c1-4-9-18-16(17)19-15(21)13-11(3)22-20-14(13)12-8-6-5-7-10(12)2/h4-8H,1,9H2,2-3H3,(H3,17,18,19,21). The lowest BCUT2D eigenvalue weighted by Gasteiger charge is -2.08. The van der Waals surface area contributed by atoms with E-state index in [0.717, 1.165) is 11.1 Å². The van der Waals surface area contributed by atoms with E-state index < -0.39 is 5.91 Å². The highest BCUT2D eigenvalue weighted by Crippen LogP contribution is 2.27. The van der Waals surface area contributed by atoms with E-state index in [0.29, 0.717) is 23.6 Å². The number of carbonyl (C=O) groups excluding carboxylic acids is 1. The molecule has 0 aliphatic heterocycles. The van der Waals surface area contributed by atoms with Gasteiger partial charge < -0.3 is 9.84 Å². The van der Waals surface area contributed by atoms with E-state index in [1.165, 1.54) is 0 Å². The average molecular weight is 298 g/mol. The van der Waals surface area contributed by atoms with Gasteiger partial charge in [0.1, 0.15) is 17.0 Å². The third kappa shape index (κ3) is 3.22. The van der Waals surface area contributed by atoms with Crippen molar-refractivity contribution in [3.05, 3.63) is 53.8 Å². The van der Waals surface area contributed by atoms with E-state index in [9.17, 15) is 4.79 Å². The molecule has 0 spiro atoms. The van der Waals surface area contributed by atoms with Gasteiger partial charge >= 0.3 is 0 Å². The number of benzene rings is 1.